The van der Waals surface area contributed by atoms with Crippen LogP contribution in [0.4, 0.5) is 4.79 Å². The Bertz CT molecular complexity index is 597. The zero-order chi connectivity index (χ0) is 16.9. The minimum Gasteiger partial charge on any atom is -0.452 e. The highest BCUT2D eigenvalue weighted by Gasteiger charge is 2.17. The van der Waals surface area contributed by atoms with Crippen molar-refractivity contribution in [1.82, 2.24) is 10.6 Å². The molecule has 0 aliphatic carbocycles. The number of rotatable bonds is 3. The Morgan fingerprint density at radius 3 is 2.32 bits per heavy atom. The number of ether oxygens (including phenoxy) is 1. The van der Waals surface area contributed by atoms with Crippen LogP contribution in [-0.2, 0) is 9.53 Å². The molecule has 0 unspecified atom stereocenters. The quantitative estimate of drug-likeness (QED) is 0.824. The summed E-state index contributed by atoms with van der Waals surface area (Å²) in [5.41, 5.74) is -0.331. The zero-order valence-electron chi connectivity index (χ0n) is 12.3. The number of urea groups is 1. The molecule has 0 fully saturated rings. The Hall–Kier alpha value is -1.79. The lowest BCUT2D eigenvalue weighted by molar-refractivity contribution is -0.123. The predicted octanol–water partition coefficient (Wildman–Crippen LogP) is 2.77. The maximum atomic E-state index is 11.7. The van der Waals surface area contributed by atoms with Crippen molar-refractivity contribution in [2.75, 3.05) is 6.61 Å². The Labute approximate surface area is 138 Å². The molecule has 0 aromatic heterocycles. The van der Waals surface area contributed by atoms with E-state index in [9.17, 15) is 14.4 Å². The topological polar surface area (TPSA) is 84.5 Å². The number of imide groups is 1. The summed E-state index contributed by atoms with van der Waals surface area (Å²) >= 11 is 11.5. The van der Waals surface area contributed by atoms with Gasteiger partial charge in [-0.2, -0.15) is 0 Å². The fourth-order valence-electron chi connectivity index (χ4n) is 1.37. The molecule has 0 bridgehead atoms. The molecule has 0 heterocycles. The summed E-state index contributed by atoms with van der Waals surface area (Å²) in [6.07, 6.45) is 0. The smallest absolute Gasteiger partial charge is 0.338 e. The van der Waals surface area contributed by atoms with Crippen molar-refractivity contribution in [3.63, 3.8) is 0 Å². The van der Waals surface area contributed by atoms with Gasteiger partial charge in [0.05, 0.1) is 15.6 Å². The van der Waals surface area contributed by atoms with E-state index in [0.29, 0.717) is 5.02 Å². The number of amides is 3. The number of carbonyl (C=O) groups excluding carboxylic acids is 3. The van der Waals surface area contributed by atoms with E-state index in [2.05, 4.69) is 10.6 Å². The first-order valence-electron chi connectivity index (χ1n) is 6.32. The van der Waals surface area contributed by atoms with Gasteiger partial charge in [-0.25, -0.2) is 9.59 Å². The molecule has 8 heteroatoms. The molecule has 6 nitrogen and oxygen atoms in total. The molecule has 120 valence electrons. The summed E-state index contributed by atoms with van der Waals surface area (Å²) in [4.78, 5) is 34.7. The molecule has 0 spiro atoms. The van der Waals surface area contributed by atoms with Gasteiger partial charge in [0, 0.05) is 5.54 Å². The molecule has 3 amide bonds. The van der Waals surface area contributed by atoms with E-state index in [1.165, 1.54) is 18.2 Å². The largest absolute Gasteiger partial charge is 0.452 e. The molecular weight excluding hydrogens is 331 g/mol. The number of hydrogen-bond donors (Lipinski definition) is 2. The second-order valence-electron chi connectivity index (χ2n) is 5.46. The Kier molecular flexibility index (Phi) is 6.20. The molecule has 22 heavy (non-hydrogen) atoms. The summed E-state index contributed by atoms with van der Waals surface area (Å²) in [5.74, 6) is -1.49. The molecule has 1 aromatic carbocycles. The summed E-state index contributed by atoms with van der Waals surface area (Å²) in [6.45, 7) is 4.71. The fraction of sp³-hybridized carbons (Fsp3) is 0.357. The van der Waals surface area contributed by atoms with Gasteiger partial charge in [0.1, 0.15) is 0 Å². The van der Waals surface area contributed by atoms with Crippen molar-refractivity contribution in [2.24, 2.45) is 0 Å². The van der Waals surface area contributed by atoms with Crippen LogP contribution in [-0.4, -0.2) is 30.1 Å². The third-order valence-corrected chi connectivity index (χ3v) is 2.97. The number of hydrogen-bond acceptors (Lipinski definition) is 4. The first kappa shape index (κ1) is 18.3. The first-order valence-corrected chi connectivity index (χ1v) is 7.08. The van der Waals surface area contributed by atoms with Crippen molar-refractivity contribution in [1.29, 1.82) is 0 Å². The molecule has 2 N–H and O–H groups in total. The van der Waals surface area contributed by atoms with E-state index < -0.39 is 30.1 Å². The van der Waals surface area contributed by atoms with Gasteiger partial charge in [-0.05, 0) is 39.0 Å². The predicted molar refractivity (Wildman–Crippen MR) is 83.2 cm³/mol. The third-order valence-electron chi connectivity index (χ3n) is 2.23. The standard InChI is InChI=1S/C14H16Cl2N2O4/c1-14(2,3)18-13(21)17-11(19)7-22-12(20)8-4-5-9(15)10(16)6-8/h4-6H,7H2,1-3H3,(H2,17,18,19,21). The van der Waals surface area contributed by atoms with Crippen molar-refractivity contribution in [3.05, 3.63) is 33.8 Å². The van der Waals surface area contributed by atoms with Gasteiger partial charge in [-0.1, -0.05) is 23.2 Å². The van der Waals surface area contributed by atoms with Crippen molar-refractivity contribution in [3.8, 4) is 0 Å². The average molecular weight is 347 g/mol. The summed E-state index contributed by atoms with van der Waals surface area (Å²) in [7, 11) is 0. The molecule has 1 rings (SSSR count). The van der Waals surface area contributed by atoms with Crippen molar-refractivity contribution in [2.45, 2.75) is 26.3 Å². The molecular formula is C14H16Cl2N2O4. The normalized spacial score (nSPS) is 10.8. The Morgan fingerprint density at radius 2 is 1.77 bits per heavy atom. The van der Waals surface area contributed by atoms with Crippen LogP contribution in [0.15, 0.2) is 18.2 Å². The van der Waals surface area contributed by atoms with Crippen LogP contribution in [0, 0.1) is 0 Å². The number of halogens is 2. The van der Waals surface area contributed by atoms with Crippen molar-refractivity contribution >= 4 is 41.1 Å². The summed E-state index contributed by atoms with van der Waals surface area (Å²) in [5, 5.41) is 5.09. The van der Waals surface area contributed by atoms with Gasteiger partial charge < -0.3 is 10.1 Å². The molecule has 0 aliphatic heterocycles. The molecule has 0 saturated carbocycles. The first-order chi connectivity index (χ1) is 10.1. The van der Waals surface area contributed by atoms with Gasteiger partial charge in [0.15, 0.2) is 6.61 Å². The van der Waals surface area contributed by atoms with Gasteiger partial charge in [-0.3, -0.25) is 10.1 Å². The number of benzene rings is 1. The zero-order valence-corrected chi connectivity index (χ0v) is 13.8. The van der Waals surface area contributed by atoms with Gasteiger partial charge in [0.2, 0.25) is 0 Å². The molecule has 0 radical (unpaired) electrons. The second-order valence-corrected chi connectivity index (χ2v) is 6.27. The van der Waals surface area contributed by atoms with E-state index >= 15 is 0 Å². The second kappa shape index (κ2) is 7.47. The molecule has 1 aromatic rings. The minimum atomic E-state index is -0.745. The van der Waals surface area contributed by atoms with Crippen LogP contribution >= 0.6 is 23.2 Å². The minimum absolute atomic E-state index is 0.154. The van der Waals surface area contributed by atoms with Crippen LogP contribution in [0.3, 0.4) is 0 Å². The lowest BCUT2D eigenvalue weighted by Crippen LogP contribution is -2.49. The van der Waals surface area contributed by atoms with E-state index in [4.69, 9.17) is 27.9 Å². The van der Waals surface area contributed by atoms with E-state index in [-0.39, 0.29) is 10.6 Å². The summed E-state index contributed by atoms with van der Waals surface area (Å²) < 4.78 is 4.78. The van der Waals surface area contributed by atoms with Crippen molar-refractivity contribution < 1.29 is 19.1 Å². The van der Waals surface area contributed by atoms with E-state index in [1.54, 1.807) is 20.8 Å². The lowest BCUT2D eigenvalue weighted by Gasteiger charge is -2.20. The van der Waals surface area contributed by atoms with Crippen LogP contribution in [0.25, 0.3) is 0 Å². The van der Waals surface area contributed by atoms with Gasteiger partial charge in [0.25, 0.3) is 5.91 Å². The van der Waals surface area contributed by atoms with Crippen LogP contribution in [0.2, 0.25) is 10.0 Å². The SMILES string of the molecule is CC(C)(C)NC(=O)NC(=O)COC(=O)c1ccc(Cl)c(Cl)c1. The Morgan fingerprint density at radius 1 is 1.14 bits per heavy atom. The van der Waals surface area contributed by atoms with Crippen LogP contribution in [0.5, 0.6) is 0 Å². The summed E-state index contributed by atoms with van der Waals surface area (Å²) in [6, 6.07) is 3.53. The number of carbonyl (C=O) groups is 3. The van der Waals surface area contributed by atoms with E-state index in [1.807, 2.05) is 0 Å². The maximum absolute atomic E-state index is 11.7. The van der Waals surface area contributed by atoms with Gasteiger partial charge >= 0.3 is 12.0 Å². The lowest BCUT2D eigenvalue weighted by atomic mass is 10.1. The maximum Gasteiger partial charge on any atom is 0.338 e. The molecule has 0 atom stereocenters. The van der Waals surface area contributed by atoms with Gasteiger partial charge in [-0.15, -0.1) is 0 Å². The van der Waals surface area contributed by atoms with Crippen LogP contribution < -0.4 is 10.6 Å². The van der Waals surface area contributed by atoms with Crippen LogP contribution in [0.1, 0.15) is 31.1 Å². The molecule has 0 saturated heterocycles. The fourth-order valence-corrected chi connectivity index (χ4v) is 1.67. The number of esters is 1. The average Bonchev–Trinajstić information content (AvgIpc) is 2.36. The number of nitrogens with one attached hydrogen (secondary N) is 2. The monoisotopic (exact) mass is 346 g/mol. The highest BCUT2D eigenvalue weighted by Crippen LogP contribution is 2.22. The molecule has 0 aliphatic rings. The highest BCUT2D eigenvalue weighted by molar-refractivity contribution is 6.42. The van der Waals surface area contributed by atoms with E-state index in [0.717, 1.165) is 0 Å². The Balaban J connectivity index is 2.48. The highest BCUT2D eigenvalue weighted by atomic mass is 35.5. The third kappa shape index (κ3) is 6.32.